The highest BCUT2D eigenvalue weighted by atomic mass is 32.2. The van der Waals surface area contributed by atoms with Gasteiger partial charge in [-0.15, -0.1) is 11.3 Å². The van der Waals surface area contributed by atoms with Gasteiger partial charge in [-0.05, 0) is 31.2 Å². The van der Waals surface area contributed by atoms with Crippen LogP contribution in [0.3, 0.4) is 0 Å². The number of hydrogen-bond acceptors (Lipinski definition) is 6. The van der Waals surface area contributed by atoms with Crippen molar-refractivity contribution in [2.75, 3.05) is 11.6 Å². The van der Waals surface area contributed by atoms with Crippen molar-refractivity contribution in [1.82, 2.24) is 9.97 Å². The summed E-state index contributed by atoms with van der Waals surface area (Å²) < 4.78 is 0.782. The second-order valence-electron chi connectivity index (χ2n) is 4.69. The molecule has 0 spiro atoms. The summed E-state index contributed by atoms with van der Waals surface area (Å²) in [5.41, 5.74) is 0.494. The minimum absolute atomic E-state index is 0.0952. The fourth-order valence-corrected chi connectivity index (χ4v) is 3.39. The predicted molar refractivity (Wildman–Crippen MR) is 83.1 cm³/mol. The monoisotopic (exact) mass is 319 g/mol. The first-order valence-electron chi connectivity index (χ1n) is 6.49. The molecule has 1 amide bonds. The highest BCUT2D eigenvalue weighted by molar-refractivity contribution is 8.00. The molecule has 2 heterocycles. The lowest BCUT2D eigenvalue weighted by molar-refractivity contribution is 0.0972. The molecule has 0 saturated heterocycles. The molecule has 2 aromatic rings. The largest absolute Gasteiger partial charge is 0.305 e. The standard InChI is InChI=1S/C14H13N3O2S2/c1-20-14-17-12(11(21-14)10(18)8-2-3-8)16-13(19)9-4-6-15-7-5-9/h4-8H,2-3H2,1H3,(H,16,19). The van der Waals surface area contributed by atoms with Gasteiger partial charge in [0.2, 0.25) is 0 Å². The number of pyridine rings is 1. The van der Waals surface area contributed by atoms with Crippen molar-refractivity contribution in [2.24, 2.45) is 5.92 Å². The van der Waals surface area contributed by atoms with Crippen molar-refractivity contribution in [3.8, 4) is 0 Å². The summed E-state index contributed by atoms with van der Waals surface area (Å²) in [7, 11) is 0. The Morgan fingerprint density at radius 1 is 1.33 bits per heavy atom. The Morgan fingerprint density at radius 3 is 2.67 bits per heavy atom. The van der Waals surface area contributed by atoms with Crippen molar-refractivity contribution in [3.63, 3.8) is 0 Å². The molecule has 108 valence electrons. The number of nitrogens with one attached hydrogen (secondary N) is 1. The van der Waals surface area contributed by atoms with Crippen molar-refractivity contribution < 1.29 is 9.59 Å². The highest BCUT2D eigenvalue weighted by Gasteiger charge is 2.34. The lowest BCUT2D eigenvalue weighted by atomic mass is 10.2. The molecule has 21 heavy (non-hydrogen) atoms. The van der Waals surface area contributed by atoms with Gasteiger partial charge >= 0.3 is 0 Å². The summed E-state index contributed by atoms with van der Waals surface area (Å²) in [6.45, 7) is 0. The Hall–Kier alpha value is -1.73. The highest BCUT2D eigenvalue weighted by Crippen LogP contribution is 2.38. The van der Waals surface area contributed by atoms with Gasteiger partial charge in [0.15, 0.2) is 15.9 Å². The normalized spacial score (nSPS) is 14.0. The summed E-state index contributed by atoms with van der Waals surface area (Å²) in [6.07, 6.45) is 6.88. The van der Waals surface area contributed by atoms with Crippen molar-refractivity contribution in [3.05, 3.63) is 35.0 Å². The molecule has 1 N–H and O–H groups in total. The molecule has 5 nitrogen and oxygen atoms in total. The van der Waals surface area contributed by atoms with Crippen LogP contribution in [0.15, 0.2) is 28.9 Å². The molecule has 1 fully saturated rings. The lowest BCUT2D eigenvalue weighted by Crippen LogP contribution is -2.14. The van der Waals surface area contributed by atoms with E-state index in [9.17, 15) is 9.59 Å². The number of anilines is 1. The second kappa shape index (κ2) is 5.95. The van der Waals surface area contributed by atoms with Gasteiger partial charge in [-0.2, -0.15) is 0 Å². The molecule has 2 aromatic heterocycles. The summed E-state index contributed by atoms with van der Waals surface area (Å²) >= 11 is 2.82. The Kier molecular flexibility index (Phi) is 4.03. The second-order valence-corrected chi connectivity index (χ2v) is 6.74. The molecule has 0 aromatic carbocycles. The molecule has 0 atom stereocenters. The van der Waals surface area contributed by atoms with Crippen LogP contribution in [0.5, 0.6) is 0 Å². The van der Waals surface area contributed by atoms with E-state index >= 15 is 0 Å². The first-order valence-corrected chi connectivity index (χ1v) is 8.53. The topological polar surface area (TPSA) is 72.0 Å². The summed E-state index contributed by atoms with van der Waals surface area (Å²) in [4.78, 5) is 33.2. The third kappa shape index (κ3) is 3.14. The Bertz CT molecular complexity index is 681. The van der Waals surface area contributed by atoms with Crippen molar-refractivity contribution in [2.45, 2.75) is 17.2 Å². The summed E-state index contributed by atoms with van der Waals surface area (Å²) in [5.74, 6) is 0.304. The zero-order valence-corrected chi connectivity index (χ0v) is 13.0. The number of carbonyl (C=O) groups is 2. The number of Topliss-reactive ketones (excluding diaryl/α,β-unsaturated/α-hetero) is 1. The first-order chi connectivity index (χ1) is 10.2. The Labute approximate surface area is 130 Å². The Balaban J connectivity index is 1.85. The molecular formula is C14H13N3O2S2. The number of hydrogen-bond donors (Lipinski definition) is 1. The smallest absolute Gasteiger partial charge is 0.256 e. The van der Waals surface area contributed by atoms with Gasteiger partial charge in [-0.25, -0.2) is 4.98 Å². The van der Waals surface area contributed by atoms with Gasteiger partial charge in [-0.3, -0.25) is 14.6 Å². The van der Waals surface area contributed by atoms with E-state index in [-0.39, 0.29) is 17.6 Å². The lowest BCUT2D eigenvalue weighted by Gasteiger charge is -2.04. The quantitative estimate of drug-likeness (QED) is 0.677. The first kappa shape index (κ1) is 14.2. The zero-order valence-electron chi connectivity index (χ0n) is 11.3. The van der Waals surface area contributed by atoms with Gasteiger partial charge < -0.3 is 5.32 Å². The van der Waals surface area contributed by atoms with Gasteiger partial charge in [-0.1, -0.05) is 11.8 Å². The van der Waals surface area contributed by atoms with Crippen LogP contribution in [0.2, 0.25) is 0 Å². The predicted octanol–water partition coefficient (Wildman–Crippen LogP) is 3.11. The number of amides is 1. The van der Waals surface area contributed by atoms with Gasteiger partial charge in [0.1, 0.15) is 4.88 Å². The number of nitrogens with zero attached hydrogens (tertiary/aromatic N) is 2. The van der Waals surface area contributed by atoms with Crippen LogP contribution < -0.4 is 5.32 Å². The number of thioether (sulfide) groups is 1. The van der Waals surface area contributed by atoms with Crippen LogP contribution in [-0.4, -0.2) is 27.9 Å². The van der Waals surface area contributed by atoms with E-state index in [4.69, 9.17) is 0 Å². The molecule has 0 radical (unpaired) electrons. The molecule has 0 unspecified atom stereocenters. The van der Waals surface area contributed by atoms with E-state index in [0.29, 0.717) is 16.3 Å². The molecule has 1 aliphatic carbocycles. The number of thiazole rings is 1. The minimum Gasteiger partial charge on any atom is -0.305 e. The van der Waals surface area contributed by atoms with E-state index < -0.39 is 0 Å². The number of aromatic nitrogens is 2. The van der Waals surface area contributed by atoms with E-state index in [1.165, 1.54) is 23.1 Å². The van der Waals surface area contributed by atoms with E-state index in [0.717, 1.165) is 17.2 Å². The van der Waals surface area contributed by atoms with E-state index in [2.05, 4.69) is 15.3 Å². The maximum Gasteiger partial charge on any atom is 0.256 e. The minimum atomic E-state index is -0.278. The fraction of sp³-hybridized carbons (Fsp3) is 0.286. The third-order valence-corrected chi connectivity index (χ3v) is 5.18. The molecule has 0 aliphatic heterocycles. The molecule has 1 saturated carbocycles. The van der Waals surface area contributed by atoms with Crippen molar-refractivity contribution in [1.29, 1.82) is 0 Å². The van der Waals surface area contributed by atoms with Gasteiger partial charge in [0.05, 0.1) is 0 Å². The summed E-state index contributed by atoms with van der Waals surface area (Å²) in [5, 5.41) is 2.74. The fourth-order valence-electron chi connectivity index (χ4n) is 1.85. The average molecular weight is 319 g/mol. The van der Waals surface area contributed by atoms with Crippen LogP contribution >= 0.6 is 23.1 Å². The molecule has 3 rings (SSSR count). The maximum absolute atomic E-state index is 12.3. The average Bonchev–Trinajstić information content (AvgIpc) is 3.29. The van der Waals surface area contributed by atoms with E-state index in [1.54, 1.807) is 24.5 Å². The summed E-state index contributed by atoms with van der Waals surface area (Å²) in [6, 6.07) is 3.25. The number of ketones is 1. The van der Waals surface area contributed by atoms with Crippen LogP contribution in [-0.2, 0) is 0 Å². The molecule has 1 aliphatic rings. The number of carbonyl (C=O) groups excluding carboxylic acids is 2. The molecule has 7 heteroatoms. The van der Waals surface area contributed by atoms with Crippen molar-refractivity contribution >= 4 is 40.6 Å². The van der Waals surface area contributed by atoms with Crippen LogP contribution in [0, 0.1) is 5.92 Å². The van der Waals surface area contributed by atoms with Crippen LogP contribution in [0.4, 0.5) is 5.82 Å². The van der Waals surface area contributed by atoms with Gasteiger partial charge in [0.25, 0.3) is 5.91 Å². The van der Waals surface area contributed by atoms with Crippen LogP contribution in [0.1, 0.15) is 32.9 Å². The SMILES string of the molecule is CSc1nc(NC(=O)c2ccncc2)c(C(=O)C2CC2)s1. The number of rotatable bonds is 5. The Morgan fingerprint density at radius 2 is 2.05 bits per heavy atom. The van der Waals surface area contributed by atoms with Gasteiger partial charge in [0, 0.05) is 23.9 Å². The maximum atomic E-state index is 12.3. The van der Waals surface area contributed by atoms with Crippen LogP contribution in [0.25, 0.3) is 0 Å². The molecule has 0 bridgehead atoms. The van der Waals surface area contributed by atoms with E-state index in [1.807, 2.05) is 6.26 Å². The molecular weight excluding hydrogens is 306 g/mol. The zero-order chi connectivity index (χ0) is 14.8. The third-order valence-electron chi connectivity index (χ3n) is 3.13.